The van der Waals surface area contributed by atoms with Crippen molar-refractivity contribution in [3.8, 4) is 6.07 Å². The second kappa shape index (κ2) is 6.61. The molecule has 4 nitrogen and oxygen atoms in total. The first-order chi connectivity index (χ1) is 7.70. The van der Waals surface area contributed by atoms with Gasteiger partial charge in [0.2, 0.25) is 5.91 Å². The highest BCUT2D eigenvalue weighted by molar-refractivity contribution is 5.77. The van der Waals surface area contributed by atoms with Crippen molar-refractivity contribution in [1.82, 2.24) is 4.90 Å². The Balaban J connectivity index is 4.49. The van der Waals surface area contributed by atoms with E-state index in [0.29, 0.717) is 19.4 Å². The fourth-order valence-electron chi connectivity index (χ4n) is 1.45. The molecule has 0 spiro atoms. The predicted octanol–water partition coefficient (Wildman–Crippen LogP) is 1.90. The topological polar surface area (TPSA) is 70.1 Å². The van der Waals surface area contributed by atoms with Gasteiger partial charge in [-0.25, -0.2) is 0 Å². The molecule has 0 radical (unpaired) electrons. The second-order valence-electron chi connectivity index (χ2n) is 5.77. The standard InChI is InChI=1S/C13H25N3O/c1-10(2)16(8-6-7-14)12(17)9-11(15)13(3,4)5/h10-11H,6,8-9,15H2,1-5H3. The molecule has 0 saturated carbocycles. The second-order valence-corrected chi connectivity index (χ2v) is 5.77. The minimum atomic E-state index is -0.154. The summed E-state index contributed by atoms with van der Waals surface area (Å²) in [4.78, 5) is 13.8. The molecule has 1 atom stereocenters. The third kappa shape index (κ3) is 5.69. The van der Waals surface area contributed by atoms with Crippen molar-refractivity contribution in [3.05, 3.63) is 0 Å². The van der Waals surface area contributed by atoms with Crippen molar-refractivity contribution in [2.75, 3.05) is 6.54 Å². The van der Waals surface area contributed by atoms with Crippen LogP contribution in [-0.4, -0.2) is 29.4 Å². The molecule has 0 fully saturated rings. The molecule has 0 aromatic rings. The maximum atomic E-state index is 12.1. The van der Waals surface area contributed by atoms with Crippen LogP contribution in [0.25, 0.3) is 0 Å². The van der Waals surface area contributed by atoms with E-state index in [1.54, 1.807) is 4.90 Å². The lowest BCUT2D eigenvalue weighted by atomic mass is 9.85. The highest BCUT2D eigenvalue weighted by Crippen LogP contribution is 2.20. The Morgan fingerprint density at radius 2 is 1.94 bits per heavy atom. The monoisotopic (exact) mass is 239 g/mol. The molecule has 0 rings (SSSR count). The number of carbonyl (C=O) groups is 1. The number of nitrogens with two attached hydrogens (primary N) is 1. The molecular weight excluding hydrogens is 214 g/mol. The molecule has 1 amide bonds. The molecule has 4 heteroatoms. The molecule has 1 unspecified atom stereocenters. The Labute approximate surface area is 105 Å². The molecule has 0 heterocycles. The summed E-state index contributed by atoms with van der Waals surface area (Å²) in [6.07, 6.45) is 0.710. The van der Waals surface area contributed by atoms with Crippen LogP contribution in [0, 0.1) is 16.7 Å². The van der Waals surface area contributed by atoms with Gasteiger partial charge in [0.05, 0.1) is 12.5 Å². The molecule has 0 aliphatic carbocycles. The van der Waals surface area contributed by atoms with Gasteiger partial charge in [-0.15, -0.1) is 0 Å². The average molecular weight is 239 g/mol. The van der Waals surface area contributed by atoms with E-state index in [9.17, 15) is 4.79 Å². The summed E-state index contributed by atoms with van der Waals surface area (Å²) >= 11 is 0. The molecule has 0 aliphatic heterocycles. The smallest absolute Gasteiger partial charge is 0.224 e. The molecule has 0 aliphatic rings. The first-order valence-corrected chi connectivity index (χ1v) is 6.12. The fourth-order valence-corrected chi connectivity index (χ4v) is 1.45. The largest absolute Gasteiger partial charge is 0.339 e. The zero-order valence-corrected chi connectivity index (χ0v) is 11.7. The van der Waals surface area contributed by atoms with E-state index in [-0.39, 0.29) is 23.4 Å². The van der Waals surface area contributed by atoms with E-state index in [4.69, 9.17) is 11.0 Å². The first kappa shape index (κ1) is 15.9. The van der Waals surface area contributed by atoms with Crippen LogP contribution in [0.1, 0.15) is 47.5 Å². The van der Waals surface area contributed by atoms with E-state index in [1.165, 1.54) is 0 Å². The Bertz CT molecular complexity index is 286. The molecule has 98 valence electrons. The first-order valence-electron chi connectivity index (χ1n) is 6.12. The third-order valence-corrected chi connectivity index (χ3v) is 2.92. The summed E-state index contributed by atoms with van der Waals surface area (Å²) in [6.45, 7) is 10.5. The highest BCUT2D eigenvalue weighted by Gasteiger charge is 2.26. The van der Waals surface area contributed by atoms with Crippen LogP contribution >= 0.6 is 0 Å². The van der Waals surface area contributed by atoms with Gasteiger partial charge in [0.15, 0.2) is 0 Å². The van der Waals surface area contributed by atoms with Crippen molar-refractivity contribution < 1.29 is 4.79 Å². The number of rotatable bonds is 5. The van der Waals surface area contributed by atoms with E-state index in [0.717, 1.165) is 0 Å². The van der Waals surface area contributed by atoms with Gasteiger partial charge >= 0.3 is 0 Å². The lowest BCUT2D eigenvalue weighted by molar-refractivity contribution is -0.133. The summed E-state index contributed by atoms with van der Waals surface area (Å²) in [5.74, 6) is 0.0395. The van der Waals surface area contributed by atoms with Gasteiger partial charge in [0, 0.05) is 25.0 Å². The van der Waals surface area contributed by atoms with E-state index in [1.807, 2.05) is 34.6 Å². The van der Waals surface area contributed by atoms with Crippen molar-refractivity contribution in [2.45, 2.75) is 59.5 Å². The average Bonchev–Trinajstić information content (AvgIpc) is 2.16. The van der Waals surface area contributed by atoms with Crippen LogP contribution < -0.4 is 5.73 Å². The van der Waals surface area contributed by atoms with Gasteiger partial charge in [-0.3, -0.25) is 4.79 Å². The van der Waals surface area contributed by atoms with Gasteiger partial charge < -0.3 is 10.6 Å². The summed E-state index contributed by atoms with van der Waals surface area (Å²) in [5.41, 5.74) is 5.93. The molecule has 0 aromatic heterocycles. The van der Waals surface area contributed by atoms with Crippen molar-refractivity contribution >= 4 is 5.91 Å². The van der Waals surface area contributed by atoms with E-state index in [2.05, 4.69) is 6.07 Å². The maximum Gasteiger partial charge on any atom is 0.224 e. The Hall–Kier alpha value is -1.08. The SMILES string of the molecule is CC(C)N(CCC#N)C(=O)CC(N)C(C)(C)C. The quantitative estimate of drug-likeness (QED) is 0.796. The predicted molar refractivity (Wildman–Crippen MR) is 69.1 cm³/mol. The molecule has 17 heavy (non-hydrogen) atoms. The number of nitrogens with zero attached hydrogens (tertiary/aromatic N) is 2. The summed E-state index contributed by atoms with van der Waals surface area (Å²) in [7, 11) is 0. The van der Waals surface area contributed by atoms with Gasteiger partial charge in [-0.2, -0.15) is 5.26 Å². The van der Waals surface area contributed by atoms with E-state index >= 15 is 0 Å². The molecule has 0 saturated heterocycles. The van der Waals surface area contributed by atoms with Crippen LogP contribution in [-0.2, 0) is 4.79 Å². The minimum absolute atomic E-state index is 0.0395. The number of nitriles is 1. The Morgan fingerprint density at radius 3 is 2.29 bits per heavy atom. The lowest BCUT2D eigenvalue weighted by Gasteiger charge is -2.31. The summed E-state index contributed by atoms with van der Waals surface area (Å²) < 4.78 is 0. The van der Waals surface area contributed by atoms with Crippen LogP contribution in [0.2, 0.25) is 0 Å². The van der Waals surface area contributed by atoms with Crippen LogP contribution in [0.4, 0.5) is 0 Å². The molecule has 0 bridgehead atoms. The number of carbonyl (C=O) groups excluding carboxylic acids is 1. The van der Waals surface area contributed by atoms with Crippen molar-refractivity contribution in [1.29, 1.82) is 5.26 Å². The zero-order valence-electron chi connectivity index (χ0n) is 11.7. The van der Waals surface area contributed by atoms with Gasteiger partial charge in [0.1, 0.15) is 0 Å². The Morgan fingerprint density at radius 1 is 1.41 bits per heavy atom. The number of hydrogen-bond acceptors (Lipinski definition) is 3. The normalized spacial score (nSPS) is 13.3. The highest BCUT2D eigenvalue weighted by atomic mass is 16.2. The summed E-state index contributed by atoms with van der Waals surface area (Å²) in [5, 5.41) is 8.58. The van der Waals surface area contributed by atoms with Gasteiger partial charge in [-0.1, -0.05) is 20.8 Å². The van der Waals surface area contributed by atoms with Gasteiger partial charge in [-0.05, 0) is 19.3 Å². The molecular formula is C13H25N3O. The van der Waals surface area contributed by atoms with Crippen LogP contribution in [0.15, 0.2) is 0 Å². The van der Waals surface area contributed by atoms with Crippen LogP contribution in [0.5, 0.6) is 0 Å². The zero-order chi connectivity index (χ0) is 13.6. The van der Waals surface area contributed by atoms with Gasteiger partial charge in [0.25, 0.3) is 0 Å². The van der Waals surface area contributed by atoms with Crippen molar-refractivity contribution in [2.24, 2.45) is 11.1 Å². The third-order valence-electron chi connectivity index (χ3n) is 2.92. The van der Waals surface area contributed by atoms with Crippen molar-refractivity contribution in [3.63, 3.8) is 0 Å². The number of amides is 1. The minimum Gasteiger partial charge on any atom is -0.339 e. The molecule has 0 aromatic carbocycles. The number of hydrogen-bond donors (Lipinski definition) is 1. The Kier molecular flexibility index (Phi) is 6.19. The fraction of sp³-hybridized carbons (Fsp3) is 0.846. The summed E-state index contributed by atoms with van der Waals surface area (Å²) in [6, 6.07) is 2.03. The van der Waals surface area contributed by atoms with Crippen LogP contribution in [0.3, 0.4) is 0 Å². The maximum absolute atomic E-state index is 12.1. The van der Waals surface area contributed by atoms with E-state index < -0.39 is 0 Å². The lowest BCUT2D eigenvalue weighted by Crippen LogP contribution is -2.44. The molecule has 2 N–H and O–H groups in total.